The number of carbonyl (C=O) groups is 1. The van der Waals surface area contributed by atoms with E-state index in [9.17, 15) is 4.79 Å². The van der Waals surface area contributed by atoms with E-state index in [1.807, 2.05) is 98.8 Å². The van der Waals surface area contributed by atoms with E-state index in [0.29, 0.717) is 17.2 Å². The monoisotopic (exact) mass is 394 g/mol. The van der Waals surface area contributed by atoms with Crippen molar-refractivity contribution in [2.24, 2.45) is 0 Å². The molecule has 0 radical (unpaired) electrons. The number of ketones is 1. The molecule has 148 valence electrons. The van der Waals surface area contributed by atoms with Gasteiger partial charge in [-0.15, -0.1) is 0 Å². The Kier molecular flexibility index (Phi) is 5.57. The van der Waals surface area contributed by atoms with Gasteiger partial charge < -0.3 is 4.74 Å². The van der Waals surface area contributed by atoms with Crippen LogP contribution >= 0.6 is 0 Å². The Bertz CT molecular complexity index is 1180. The van der Waals surface area contributed by atoms with Gasteiger partial charge in [0.2, 0.25) is 5.88 Å². The number of ether oxygens (including phenoxy) is 1. The molecule has 0 aliphatic rings. The zero-order valence-electron chi connectivity index (χ0n) is 16.9. The largest absolute Gasteiger partial charge is 0.438 e. The molecule has 1 heterocycles. The van der Waals surface area contributed by atoms with Crippen molar-refractivity contribution in [2.45, 2.75) is 13.8 Å². The maximum atomic E-state index is 12.6. The highest BCUT2D eigenvalue weighted by atomic mass is 16.5. The number of allylic oxidation sites excluding steroid dienone is 1. The van der Waals surface area contributed by atoms with Gasteiger partial charge in [-0.05, 0) is 50.3 Å². The number of benzene rings is 3. The van der Waals surface area contributed by atoms with Gasteiger partial charge in [0, 0.05) is 5.56 Å². The summed E-state index contributed by atoms with van der Waals surface area (Å²) in [6.07, 6.45) is 3.35. The molecular weight excluding hydrogens is 372 g/mol. The summed E-state index contributed by atoms with van der Waals surface area (Å²) in [6.45, 7) is 3.91. The van der Waals surface area contributed by atoms with E-state index in [-0.39, 0.29) is 5.78 Å². The second kappa shape index (κ2) is 8.62. The first-order valence-electron chi connectivity index (χ1n) is 9.79. The molecule has 0 saturated heterocycles. The molecular formula is C26H22N2O2. The molecule has 1 aromatic heterocycles. The lowest BCUT2D eigenvalue weighted by atomic mass is 10.1. The quantitative estimate of drug-likeness (QED) is 0.290. The molecule has 0 aliphatic heterocycles. The normalized spacial score (nSPS) is 11.0. The standard InChI is InChI=1S/C26H22N2O2/c1-19-13-15-21(16-14-19)25(29)18-17-24-20(2)27-28(22-9-5-3-6-10-22)26(24)30-23-11-7-4-8-12-23/h3-18H,1-2H3/b18-17+. The lowest BCUT2D eigenvalue weighted by molar-refractivity contribution is 0.104. The third kappa shape index (κ3) is 4.23. The summed E-state index contributed by atoms with van der Waals surface area (Å²) in [7, 11) is 0. The average molecular weight is 394 g/mol. The van der Waals surface area contributed by atoms with Gasteiger partial charge in [-0.3, -0.25) is 4.79 Å². The summed E-state index contributed by atoms with van der Waals surface area (Å²) >= 11 is 0. The highest BCUT2D eigenvalue weighted by molar-refractivity contribution is 6.07. The van der Waals surface area contributed by atoms with Gasteiger partial charge in [0.05, 0.1) is 16.9 Å². The van der Waals surface area contributed by atoms with Crippen LogP contribution < -0.4 is 4.74 Å². The van der Waals surface area contributed by atoms with Crippen molar-refractivity contribution in [3.8, 4) is 17.3 Å². The lowest BCUT2D eigenvalue weighted by Crippen LogP contribution is -2.00. The Balaban J connectivity index is 1.74. The molecule has 0 amide bonds. The molecule has 0 bridgehead atoms. The molecule has 0 N–H and O–H groups in total. The molecule has 0 aliphatic carbocycles. The number of aryl methyl sites for hydroxylation is 2. The van der Waals surface area contributed by atoms with Gasteiger partial charge in [-0.25, -0.2) is 0 Å². The summed E-state index contributed by atoms with van der Waals surface area (Å²) in [5.74, 6) is 1.21. The number of rotatable bonds is 6. The Morgan fingerprint density at radius 1 is 0.867 bits per heavy atom. The smallest absolute Gasteiger partial charge is 0.230 e. The summed E-state index contributed by atoms with van der Waals surface area (Å²) in [6, 6.07) is 26.9. The second-order valence-corrected chi connectivity index (χ2v) is 7.03. The molecule has 4 nitrogen and oxygen atoms in total. The first kappa shape index (κ1) is 19.4. The Hall–Kier alpha value is -3.92. The fraction of sp³-hybridized carbons (Fsp3) is 0.0769. The zero-order chi connectivity index (χ0) is 20.9. The highest BCUT2D eigenvalue weighted by Crippen LogP contribution is 2.31. The number of hydrogen-bond acceptors (Lipinski definition) is 3. The minimum atomic E-state index is -0.0625. The fourth-order valence-corrected chi connectivity index (χ4v) is 3.13. The van der Waals surface area contributed by atoms with Crippen LogP contribution in [0.25, 0.3) is 11.8 Å². The van der Waals surface area contributed by atoms with E-state index in [0.717, 1.165) is 22.5 Å². The number of para-hydroxylation sites is 2. The molecule has 0 spiro atoms. The van der Waals surface area contributed by atoms with Crippen LogP contribution in [0.5, 0.6) is 11.6 Å². The second-order valence-electron chi connectivity index (χ2n) is 7.03. The van der Waals surface area contributed by atoms with Gasteiger partial charge in [0.25, 0.3) is 0 Å². The van der Waals surface area contributed by atoms with Crippen LogP contribution in [-0.4, -0.2) is 15.6 Å². The van der Waals surface area contributed by atoms with Crippen molar-refractivity contribution >= 4 is 11.9 Å². The van der Waals surface area contributed by atoms with Crippen LogP contribution in [-0.2, 0) is 0 Å². The molecule has 4 heteroatoms. The molecule has 4 rings (SSSR count). The van der Waals surface area contributed by atoms with E-state index in [1.165, 1.54) is 0 Å². The van der Waals surface area contributed by atoms with Crippen LogP contribution in [0.3, 0.4) is 0 Å². The first-order valence-corrected chi connectivity index (χ1v) is 9.79. The van der Waals surface area contributed by atoms with E-state index < -0.39 is 0 Å². The minimum absolute atomic E-state index is 0.0625. The van der Waals surface area contributed by atoms with E-state index in [4.69, 9.17) is 4.74 Å². The summed E-state index contributed by atoms with van der Waals surface area (Å²) in [5, 5.41) is 4.67. The van der Waals surface area contributed by atoms with E-state index in [2.05, 4.69) is 5.10 Å². The van der Waals surface area contributed by atoms with Crippen LogP contribution in [0.2, 0.25) is 0 Å². The Labute approximate surface area is 176 Å². The van der Waals surface area contributed by atoms with Crippen molar-refractivity contribution in [2.75, 3.05) is 0 Å². The molecule has 0 atom stereocenters. The van der Waals surface area contributed by atoms with Crippen LogP contribution in [0.15, 0.2) is 91.0 Å². The SMILES string of the molecule is Cc1ccc(C(=O)/C=C/c2c(C)nn(-c3ccccc3)c2Oc2ccccc2)cc1. The van der Waals surface area contributed by atoms with Gasteiger partial charge in [0.15, 0.2) is 5.78 Å². The zero-order valence-corrected chi connectivity index (χ0v) is 16.9. The van der Waals surface area contributed by atoms with Gasteiger partial charge in [-0.1, -0.05) is 66.2 Å². The van der Waals surface area contributed by atoms with Crippen LogP contribution in [0.4, 0.5) is 0 Å². The van der Waals surface area contributed by atoms with Crippen molar-refractivity contribution in [1.82, 2.24) is 9.78 Å². The summed E-state index contributed by atoms with van der Waals surface area (Å²) < 4.78 is 7.97. The Morgan fingerprint density at radius 3 is 2.17 bits per heavy atom. The number of hydrogen-bond donors (Lipinski definition) is 0. The van der Waals surface area contributed by atoms with E-state index >= 15 is 0 Å². The maximum absolute atomic E-state index is 12.6. The predicted molar refractivity (Wildman–Crippen MR) is 119 cm³/mol. The molecule has 3 aromatic carbocycles. The Morgan fingerprint density at radius 2 is 1.50 bits per heavy atom. The topological polar surface area (TPSA) is 44.1 Å². The van der Waals surface area contributed by atoms with Crippen molar-refractivity contribution in [3.63, 3.8) is 0 Å². The van der Waals surface area contributed by atoms with E-state index in [1.54, 1.807) is 16.8 Å². The average Bonchev–Trinajstić information content (AvgIpc) is 3.09. The lowest BCUT2D eigenvalue weighted by Gasteiger charge is -2.10. The van der Waals surface area contributed by atoms with Crippen molar-refractivity contribution in [1.29, 1.82) is 0 Å². The van der Waals surface area contributed by atoms with Gasteiger partial charge in [-0.2, -0.15) is 9.78 Å². The molecule has 0 saturated carbocycles. The molecule has 0 unspecified atom stereocenters. The molecule has 4 aromatic rings. The minimum Gasteiger partial charge on any atom is -0.438 e. The van der Waals surface area contributed by atoms with Crippen LogP contribution in [0.1, 0.15) is 27.2 Å². The van der Waals surface area contributed by atoms with Gasteiger partial charge in [0.1, 0.15) is 5.75 Å². The number of carbonyl (C=O) groups excluding carboxylic acids is 1. The third-order valence-corrected chi connectivity index (χ3v) is 4.76. The van der Waals surface area contributed by atoms with Crippen LogP contribution in [0, 0.1) is 13.8 Å². The predicted octanol–water partition coefficient (Wildman–Crippen LogP) is 6.18. The fourth-order valence-electron chi connectivity index (χ4n) is 3.13. The molecule has 0 fully saturated rings. The van der Waals surface area contributed by atoms with Crippen molar-refractivity contribution in [3.05, 3.63) is 113 Å². The maximum Gasteiger partial charge on any atom is 0.230 e. The van der Waals surface area contributed by atoms with Crippen molar-refractivity contribution < 1.29 is 9.53 Å². The van der Waals surface area contributed by atoms with Gasteiger partial charge >= 0.3 is 0 Å². The first-order chi connectivity index (χ1) is 14.6. The summed E-state index contributed by atoms with van der Waals surface area (Å²) in [5.41, 5.74) is 4.20. The molecule has 30 heavy (non-hydrogen) atoms. The number of aromatic nitrogens is 2. The number of nitrogens with zero attached hydrogens (tertiary/aromatic N) is 2. The summed E-state index contributed by atoms with van der Waals surface area (Å²) in [4.78, 5) is 12.6. The third-order valence-electron chi connectivity index (χ3n) is 4.76. The highest BCUT2D eigenvalue weighted by Gasteiger charge is 2.17.